The Hall–Kier alpha value is -3.02. The van der Waals surface area contributed by atoms with Crippen molar-refractivity contribution in [1.82, 2.24) is 20.6 Å². The topological polar surface area (TPSA) is 74.3 Å². The number of aryl methyl sites for hydroxylation is 1. The SMILES string of the molecule is CCNC(=NCCCOc1ccccc1)NCCCc1nc2ccccc2[nH]1. The molecule has 0 aliphatic heterocycles. The van der Waals surface area contributed by atoms with Crippen molar-refractivity contribution in [3.05, 3.63) is 60.4 Å². The average molecular weight is 380 g/mol. The van der Waals surface area contributed by atoms with E-state index in [0.29, 0.717) is 6.61 Å². The molecule has 3 N–H and O–H groups in total. The van der Waals surface area contributed by atoms with E-state index in [-0.39, 0.29) is 0 Å². The van der Waals surface area contributed by atoms with Crippen LogP contribution < -0.4 is 15.4 Å². The maximum atomic E-state index is 5.70. The van der Waals surface area contributed by atoms with Crippen LogP contribution in [0.25, 0.3) is 11.0 Å². The smallest absolute Gasteiger partial charge is 0.191 e. The fourth-order valence-corrected chi connectivity index (χ4v) is 2.89. The lowest BCUT2D eigenvalue weighted by atomic mass is 10.3. The second-order valence-corrected chi connectivity index (χ2v) is 6.51. The Morgan fingerprint density at radius 3 is 2.68 bits per heavy atom. The van der Waals surface area contributed by atoms with Gasteiger partial charge in [0.25, 0.3) is 0 Å². The first-order valence-corrected chi connectivity index (χ1v) is 9.99. The van der Waals surface area contributed by atoms with Gasteiger partial charge in [-0.15, -0.1) is 0 Å². The molecule has 1 heterocycles. The number of nitrogens with one attached hydrogen (secondary N) is 3. The molecule has 0 saturated carbocycles. The van der Waals surface area contributed by atoms with Gasteiger partial charge in [0.15, 0.2) is 5.96 Å². The molecule has 3 aromatic rings. The van der Waals surface area contributed by atoms with Gasteiger partial charge in [0.2, 0.25) is 0 Å². The number of imidazole rings is 1. The number of guanidine groups is 1. The van der Waals surface area contributed by atoms with Gasteiger partial charge in [-0.2, -0.15) is 0 Å². The molecule has 3 rings (SSSR count). The number of para-hydroxylation sites is 3. The minimum atomic E-state index is 0.666. The molecule has 0 aliphatic rings. The molecule has 0 unspecified atom stereocenters. The molecule has 28 heavy (non-hydrogen) atoms. The van der Waals surface area contributed by atoms with Crippen molar-refractivity contribution in [1.29, 1.82) is 0 Å². The zero-order valence-corrected chi connectivity index (χ0v) is 16.4. The Morgan fingerprint density at radius 1 is 1.04 bits per heavy atom. The van der Waals surface area contributed by atoms with E-state index in [0.717, 1.165) is 67.5 Å². The Morgan fingerprint density at radius 2 is 1.86 bits per heavy atom. The molecule has 0 aliphatic carbocycles. The first-order chi connectivity index (χ1) is 13.8. The van der Waals surface area contributed by atoms with Gasteiger partial charge in [-0.1, -0.05) is 30.3 Å². The summed E-state index contributed by atoms with van der Waals surface area (Å²) < 4.78 is 5.70. The van der Waals surface area contributed by atoms with Gasteiger partial charge in [-0.3, -0.25) is 4.99 Å². The number of aromatic nitrogens is 2. The summed E-state index contributed by atoms with van der Waals surface area (Å²) in [6.45, 7) is 5.16. The van der Waals surface area contributed by atoms with Gasteiger partial charge in [-0.05, 0) is 37.6 Å². The van der Waals surface area contributed by atoms with Crippen molar-refractivity contribution in [3.63, 3.8) is 0 Å². The van der Waals surface area contributed by atoms with Crippen LogP contribution in [0.2, 0.25) is 0 Å². The van der Waals surface area contributed by atoms with Crippen molar-refractivity contribution >= 4 is 17.0 Å². The first kappa shape index (κ1) is 19.7. The van der Waals surface area contributed by atoms with Crippen LogP contribution in [0.15, 0.2) is 59.6 Å². The molecule has 0 fully saturated rings. The molecule has 148 valence electrons. The standard InChI is InChI=1S/C22H29N5O/c1-2-23-22(25-16-9-17-28-18-10-4-3-5-11-18)24-15-8-14-21-26-19-12-6-7-13-20(19)27-21/h3-7,10-13H,2,8-9,14-17H2,1H3,(H,26,27)(H2,23,24,25). The average Bonchev–Trinajstić information content (AvgIpc) is 3.14. The van der Waals surface area contributed by atoms with Crippen molar-refractivity contribution in [2.75, 3.05) is 26.2 Å². The normalized spacial score (nSPS) is 11.5. The number of nitrogens with zero attached hydrogens (tertiary/aromatic N) is 2. The van der Waals surface area contributed by atoms with E-state index < -0.39 is 0 Å². The third-order valence-electron chi connectivity index (χ3n) is 4.25. The molecule has 0 radical (unpaired) electrons. The van der Waals surface area contributed by atoms with Crippen LogP contribution in [0, 0.1) is 0 Å². The third-order valence-corrected chi connectivity index (χ3v) is 4.25. The van der Waals surface area contributed by atoms with Gasteiger partial charge < -0.3 is 20.4 Å². The summed E-state index contributed by atoms with van der Waals surface area (Å²) in [7, 11) is 0. The predicted octanol–water partition coefficient (Wildman–Crippen LogP) is 3.52. The van der Waals surface area contributed by atoms with Crippen LogP contribution in [-0.4, -0.2) is 42.2 Å². The first-order valence-electron chi connectivity index (χ1n) is 9.99. The number of benzene rings is 2. The fraction of sp³-hybridized carbons (Fsp3) is 0.364. The lowest BCUT2D eigenvalue weighted by Crippen LogP contribution is -2.38. The lowest BCUT2D eigenvalue weighted by molar-refractivity contribution is 0.313. The van der Waals surface area contributed by atoms with Gasteiger partial charge in [0.1, 0.15) is 11.6 Å². The van der Waals surface area contributed by atoms with Gasteiger partial charge in [-0.25, -0.2) is 4.98 Å². The van der Waals surface area contributed by atoms with Gasteiger partial charge in [0.05, 0.1) is 17.6 Å². The molecule has 2 aromatic carbocycles. The predicted molar refractivity (Wildman–Crippen MR) is 115 cm³/mol. The lowest BCUT2D eigenvalue weighted by Gasteiger charge is -2.11. The molecular formula is C22H29N5O. The van der Waals surface area contributed by atoms with Crippen LogP contribution in [-0.2, 0) is 6.42 Å². The zero-order chi connectivity index (χ0) is 19.4. The van der Waals surface area contributed by atoms with Crippen molar-refractivity contribution in [2.24, 2.45) is 4.99 Å². The number of fused-ring (bicyclic) bond motifs is 1. The van der Waals surface area contributed by atoms with E-state index in [1.54, 1.807) is 0 Å². The second-order valence-electron chi connectivity index (χ2n) is 6.51. The van der Waals surface area contributed by atoms with E-state index in [2.05, 4.69) is 38.6 Å². The summed E-state index contributed by atoms with van der Waals surface area (Å²) in [4.78, 5) is 12.6. The number of H-pyrrole nitrogens is 1. The quantitative estimate of drug-likeness (QED) is 0.286. The van der Waals surface area contributed by atoms with Crippen LogP contribution in [0.5, 0.6) is 5.75 Å². The fourth-order valence-electron chi connectivity index (χ4n) is 2.89. The number of rotatable bonds is 10. The summed E-state index contributed by atoms with van der Waals surface area (Å²) in [5.41, 5.74) is 2.12. The minimum absolute atomic E-state index is 0.666. The Bertz CT molecular complexity index is 827. The highest BCUT2D eigenvalue weighted by Gasteiger charge is 2.02. The number of ether oxygens (including phenoxy) is 1. The zero-order valence-electron chi connectivity index (χ0n) is 16.4. The molecular weight excluding hydrogens is 350 g/mol. The van der Waals surface area contributed by atoms with E-state index in [9.17, 15) is 0 Å². The van der Waals surface area contributed by atoms with Crippen molar-refractivity contribution in [2.45, 2.75) is 26.2 Å². The molecule has 0 bridgehead atoms. The van der Waals surface area contributed by atoms with Crippen LogP contribution in [0.4, 0.5) is 0 Å². The monoisotopic (exact) mass is 379 g/mol. The molecule has 6 nitrogen and oxygen atoms in total. The van der Waals surface area contributed by atoms with Gasteiger partial charge >= 0.3 is 0 Å². The van der Waals surface area contributed by atoms with Crippen LogP contribution >= 0.6 is 0 Å². The molecule has 6 heteroatoms. The van der Waals surface area contributed by atoms with E-state index >= 15 is 0 Å². The summed E-state index contributed by atoms with van der Waals surface area (Å²) in [6, 6.07) is 18.0. The maximum Gasteiger partial charge on any atom is 0.191 e. The highest BCUT2D eigenvalue weighted by molar-refractivity contribution is 5.79. The number of aliphatic imine (C=N–C) groups is 1. The third kappa shape index (κ3) is 6.30. The number of hydrogen-bond donors (Lipinski definition) is 3. The Labute approximate surface area is 166 Å². The number of hydrogen-bond acceptors (Lipinski definition) is 3. The van der Waals surface area contributed by atoms with Crippen molar-refractivity contribution < 1.29 is 4.74 Å². The minimum Gasteiger partial charge on any atom is -0.494 e. The Kier molecular flexibility index (Phi) is 7.73. The largest absolute Gasteiger partial charge is 0.494 e. The van der Waals surface area contributed by atoms with E-state index in [4.69, 9.17) is 4.74 Å². The molecule has 0 spiro atoms. The summed E-state index contributed by atoms with van der Waals surface area (Å²) in [5, 5.41) is 6.68. The molecule has 1 aromatic heterocycles. The van der Waals surface area contributed by atoms with E-state index in [1.807, 2.05) is 48.5 Å². The summed E-state index contributed by atoms with van der Waals surface area (Å²) in [6.07, 6.45) is 2.78. The second kappa shape index (κ2) is 11.0. The maximum absolute atomic E-state index is 5.70. The summed E-state index contributed by atoms with van der Waals surface area (Å²) >= 11 is 0. The van der Waals surface area contributed by atoms with E-state index in [1.165, 1.54) is 0 Å². The van der Waals surface area contributed by atoms with Crippen molar-refractivity contribution in [3.8, 4) is 5.75 Å². The highest BCUT2D eigenvalue weighted by Crippen LogP contribution is 2.11. The summed E-state index contributed by atoms with van der Waals surface area (Å²) in [5.74, 6) is 2.79. The van der Waals surface area contributed by atoms with Gasteiger partial charge in [0, 0.05) is 32.5 Å². The van der Waals surface area contributed by atoms with Crippen LogP contribution in [0.3, 0.4) is 0 Å². The molecule has 0 amide bonds. The molecule has 0 saturated heterocycles. The van der Waals surface area contributed by atoms with Crippen LogP contribution in [0.1, 0.15) is 25.6 Å². The highest BCUT2D eigenvalue weighted by atomic mass is 16.5. The number of aromatic amines is 1. The molecule has 0 atom stereocenters. The Balaban J connectivity index is 1.35.